The van der Waals surface area contributed by atoms with Crippen LogP contribution in [0.1, 0.15) is 50.4 Å². The summed E-state index contributed by atoms with van der Waals surface area (Å²) >= 11 is 0. The topological polar surface area (TPSA) is 33.1 Å². The van der Waals surface area contributed by atoms with E-state index in [1.54, 1.807) is 0 Å². The van der Waals surface area contributed by atoms with Crippen LogP contribution in [0.15, 0.2) is 6.07 Å². The molecular weight excluding hydrogens is 260 g/mol. The van der Waals surface area contributed by atoms with Gasteiger partial charge in [-0.2, -0.15) is 5.10 Å². The van der Waals surface area contributed by atoms with Gasteiger partial charge in [-0.15, -0.1) is 0 Å². The lowest BCUT2D eigenvalue weighted by Crippen LogP contribution is -2.54. The van der Waals surface area contributed by atoms with E-state index < -0.39 is 0 Å². The second kappa shape index (κ2) is 6.93. The van der Waals surface area contributed by atoms with Crippen molar-refractivity contribution < 1.29 is 0 Å². The van der Waals surface area contributed by atoms with Crippen molar-refractivity contribution in [1.29, 1.82) is 0 Å². The molecule has 1 saturated carbocycles. The van der Waals surface area contributed by atoms with Crippen molar-refractivity contribution in [3.05, 3.63) is 17.5 Å². The molecule has 1 aromatic rings. The molecule has 0 amide bonds. The fraction of sp³-hybridized carbons (Fsp3) is 0.824. The molecule has 3 rings (SSSR count). The summed E-state index contributed by atoms with van der Waals surface area (Å²) in [5.74, 6) is 0.894. The van der Waals surface area contributed by atoms with Gasteiger partial charge in [-0.05, 0) is 31.2 Å². The molecule has 4 heteroatoms. The second-order valence-electron chi connectivity index (χ2n) is 6.74. The second-order valence-corrected chi connectivity index (χ2v) is 6.74. The Hall–Kier alpha value is -0.870. The summed E-state index contributed by atoms with van der Waals surface area (Å²) in [6.07, 6.45) is 8.18. The van der Waals surface area contributed by atoms with E-state index >= 15 is 0 Å². The maximum atomic E-state index is 4.61. The van der Waals surface area contributed by atoms with E-state index in [0.717, 1.165) is 31.5 Å². The third-order valence-electron chi connectivity index (χ3n) is 5.35. The molecule has 0 bridgehead atoms. The predicted octanol–water partition coefficient (Wildman–Crippen LogP) is 2.34. The molecule has 0 radical (unpaired) electrons. The van der Waals surface area contributed by atoms with Crippen molar-refractivity contribution in [3.8, 4) is 0 Å². The maximum absolute atomic E-state index is 4.61. The summed E-state index contributed by atoms with van der Waals surface area (Å²) in [5, 5.41) is 8.22. The van der Waals surface area contributed by atoms with E-state index in [-0.39, 0.29) is 0 Å². The molecule has 4 nitrogen and oxygen atoms in total. The Balaban J connectivity index is 1.69. The van der Waals surface area contributed by atoms with Gasteiger partial charge in [0, 0.05) is 39.3 Å². The monoisotopic (exact) mass is 290 g/mol. The van der Waals surface area contributed by atoms with Gasteiger partial charge in [0.1, 0.15) is 0 Å². The van der Waals surface area contributed by atoms with E-state index in [1.807, 2.05) is 0 Å². The SMILES string of the molecule is CCc1cc(CN2CCNCC2C2CCCCC2)n(C)n1. The highest BCUT2D eigenvalue weighted by Gasteiger charge is 2.31. The minimum atomic E-state index is 0.721. The van der Waals surface area contributed by atoms with Crippen molar-refractivity contribution in [2.45, 2.75) is 58.0 Å². The van der Waals surface area contributed by atoms with Crippen LogP contribution in [0, 0.1) is 5.92 Å². The van der Waals surface area contributed by atoms with Crippen molar-refractivity contribution in [2.75, 3.05) is 19.6 Å². The van der Waals surface area contributed by atoms with Crippen LogP contribution in [-0.4, -0.2) is 40.4 Å². The molecule has 2 heterocycles. The Labute approximate surface area is 128 Å². The smallest absolute Gasteiger partial charge is 0.0625 e. The first-order valence-corrected chi connectivity index (χ1v) is 8.74. The lowest BCUT2D eigenvalue weighted by atomic mass is 9.82. The van der Waals surface area contributed by atoms with Gasteiger partial charge in [0.25, 0.3) is 0 Å². The van der Waals surface area contributed by atoms with E-state index in [1.165, 1.54) is 56.6 Å². The van der Waals surface area contributed by atoms with Crippen LogP contribution >= 0.6 is 0 Å². The van der Waals surface area contributed by atoms with Gasteiger partial charge in [0.2, 0.25) is 0 Å². The average molecular weight is 290 g/mol. The lowest BCUT2D eigenvalue weighted by molar-refractivity contribution is 0.0838. The van der Waals surface area contributed by atoms with Gasteiger partial charge >= 0.3 is 0 Å². The Morgan fingerprint density at radius 1 is 1.29 bits per heavy atom. The van der Waals surface area contributed by atoms with Crippen LogP contribution in [0.3, 0.4) is 0 Å². The number of aryl methyl sites for hydroxylation is 2. The number of hydrogen-bond acceptors (Lipinski definition) is 3. The minimum absolute atomic E-state index is 0.721. The van der Waals surface area contributed by atoms with Crippen LogP contribution in [0.5, 0.6) is 0 Å². The highest BCUT2D eigenvalue weighted by Crippen LogP contribution is 2.30. The summed E-state index contributed by atoms with van der Waals surface area (Å²) in [7, 11) is 2.09. The summed E-state index contributed by atoms with van der Waals surface area (Å²) in [6, 6.07) is 3.01. The Bertz CT molecular complexity index is 448. The minimum Gasteiger partial charge on any atom is -0.314 e. The van der Waals surface area contributed by atoms with Crippen LogP contribution in [-0.2, 0) is 20.0 Å². The molecule has 0 spiro atoms. The molecule has 118 valence electrons. The highest BCUT2D eigenvalue weighted by molar-refractivity contribution is 5.10. The molecule has 2 aliphatic rings. The van der Waals surface area contributed by atoms with Crippen molar-refractivity contribution in [2.24, 2.45) is 13.0 Å². The molecule has 1 unspecified atom stereocenters. The predicted molar refractivity (Wildman–Crippen MR) is 86.2 cm³/mol. The third-order valence-corrected chi connectivity index (χ3v) is 5.35. The highest BCUT2D eigenvalue weighted by atomic mass is 15.3. The molecule has 21 heavy (non-hydrogen) atoms. The summed E-state index contributed by atoms with van der Waals surface area (Å²) in [5.41, 5.74) is 2.59. The van der Waals surface area contributed by atoms with Gasteiger partial charge < -0.3 is 5.32 Å². The third kappa shape index (κ3) is 3.49. The first kappa shape index (κ1) is 15.0. The standard InChI is InChI=1S/C17H30N4/c1-3-15-11-16(20(2)19-15)13-21-10-9-18-12-17(21)14-7-5-4-6-8-14/h11,14,17-18H,3-10,12-13H2,1-2H3. The molecule has 1 atom stereocenters. The zero-order chi connectivity index (χ0) is 14.7. The van der Waals surface area contributed by atoms with E-state index in [0.29, 0.717) is 0 Å². The van der Waals surface area contributed by atoms with Crippen LogP contribution < -0.4 is 5.32 Å². The number of nitrogens with one attached hydrogen (secondary N) is 1. The van der Waals surface area contributed by atoms with E-state index in [9.17, 15) is 0 Å². The van der Waals surface area contributed by atoms with E-state index in [4.69, 9.17) is 0 Å². The number of hydrogen-bond donors (Lipinski definition) is 1. The van der Waals surface area contributed by atoms with Gasteiger partial charge in [0.05, 0.1) is 11.4 Å². The van der Waals surface area contributed by atoms with E-state index in [2.05, 4.69) is 40.0 Å². The van der Waals surface area contributed by atoms with Crippen LogP contribution in [0.25, 0.3) is 0 Å². The first-order chi connectivity index (χ1) is 10.3. The fourth-order valence-electron chi connectivity index (χ4n) is 4.05. The quantitative estimate of drug-likeness (QED) is 0.924. The normalized spacial score (nSPS) is 25.3. The molecular formula is C17H30N4. The molecule has 1 aliphatic heterocycles. The lowest BCUT2D eigenvalue weighted by Gasteiger charge is -2.42. The molecule has 0 aromatic carbocycles. The zero-order valence-corrected chi connectivity index (χ0v) is 13.6. The number of rotatable bonds is 4. The van der Waals surface area contributed by atoms with Crippen molar-refractivity contribution >= 4 is 0 Å². The Kier molecular flexibility index (Phi) is 4.96. The largest absolute Gasteiger partial charge is 0.314 e. The first-order valence-electron chi connectivity index (χ1n) is 8.74. The number of piperazine rings is 1. The maximum Gasteiger partial charge on any atom is 0.0625 e. The average Bonchev–Trinajstić information content (AvgIpc) is 2.89. The molecule has 2 fully saturated rings. The van der Waals surface area contributed by atoms with Crippen LogP contribution in [0.2, 0.25) is 0 Å². The summed E-state index contributed by atoms with van der Waals surface area (Å²) in [6.45, 7) is 6.72. The molecule has 1 N–H and O–H groups in total. The summed E-state index contributed by atoms with van der Waals surface area (Å²) in [4.78, 5) is 2.71. The van der Waals surface area contributed by atoms with Gasteiger partial charge in [-0.25, -0.2) is 0 Å². The molecule has 1 saturated heterocycles. The van der Waals surface area contributed by atoms with Gasteiger partial charge in [-0.3, -0.25) is 9.58 Å². The zero-order valence-electron chi connectivity index (χ0n) is 13.6. The molecule has 1 aliphatic carbocycles. The van der Waals surface area contributed by atoms with Crippen LogP contribution in [0.4, 0.5) is 0 Å². The van der Waals surface area contributed by atoms with Crippen molar-refractivity contribution in [3.63, 3.8) is 0 Å². The number of aromatic nitrogens is 2. The Morgan fingerprint density at radius 3 is 2.81 bits per heavy atom. The van der Waals surface area contributed by atoms with Crippen molar-refractivity contribution in [1.82, 2.24) is 20.0 Å². The van der Waals surface area contributed by atoms with Gasteiger partial charge in [-0.1, -0.05) is 26.2 Å². The Morgan fingerprint density at radius 2 is 2.10 bits per heavy atom. The molecule has 1 aromatic heterocycles. The number of nitrogens with zero attached hydrogens (tertiary/aromatic N) is 3. The van der Waals surface area contributed by atoms with Gasteiger partial charge in [0.15, 0.2) is 0 Å². The summed E-state index contributed by atoms with van der Waals surface area (Å²) < 4.78 is 2.08. The fourth-order valence-corrected chi connectivity index (χ4v) is 4.05.